The molecule has 0 bridgehead atoms. The molecule has 1 aliphatic rings. The number of ether oxygens (including phenoxy) is 1. The molecule has 5 nitrogen and oxygen atoms in total. The predicted octanol–water partition coefficient (Wildman–Crippen LogP) is 2.88. The number of nitrogens with one attached hydrogen (secondary N) is 1. The van der Waals surface area contributed by atoms with Gasteiger partial charge in [0.05, 0.1) is 6.61 Å². The highest BCUT2D eigenvalue weighted by Gasteiger charge is 2.23. The fourth-order valence-corrected chi connectivity index (χ4v) is 2.47. The lowest BCUT2D eigenvalue weighted by Crippen LogP contribution is -2.20. The summed E-state index contributed by atoms with van der Waals surface area (Å²) < 4.78 is 10.5. The second-order valence-electron chi connectivity index (χ2n) is 4.95. The van der Waals surface area contributed by atoms with E-state index in [4.69, 9.17) is 9.26 Å². The number of carbonyl (C=O) groups is 1. The zero-order valence-electron chi connectivity index (χ0n) is 11.3. The van der Waals surface area contributed by atoms with Gasteiger partial charge in [-0.2, -0.15) is 0 Å². The summed E-state index contributed by atoms with van der Waals surface area (Å²) >= 11 is 0. The largest absolute Gasteiger partial charge is 0.493 e. The molecule has 1 aliphatic heterocycles. The molecule has 1 aromatic heterocycles. The number of aryl methyl sites for hydroxylation is 1. The van der Waals surface area contributed by atoms with Crippen LogP contribution < -0.4 is 10.1 Å². The monoisotopic (exact) mass is 272 g/mol. The van der Waals surface area contributed by atoms with E-state index in [1.807, 2.05) is 24.3 Å². The van der Waals surface area contributed by atoms with Crippen molar-refractivity contribution in [3.05, 3.63) is 41.7 Å². The molecule has 0 aliphatic carbocycles. The number of aromatic nitrogens is 1. The summed E-state index contributed by atoms with van der Waals surface area (Å²) in [6.45, 7) is 2.44. The lowest BCUT2D eigenvalue weighted by Gasteiger charge is -2.25. The van der Waals surface area contributed by atoms with Crippen LogP contribution in [0.2, 0.25) is 0 Å². The molecule has 104 valence electrons. The van der Waals surface area contributed by atoms with Gasteiger partial charge in [-0.25, -0.2) is 0 Å². The molecule has 0 spiro atoms. The summed E-state index contributed by atoms with van der Waals surface area (Å²) in [6.07, 6.45) is 1.27. The van der Waals surface area contributed by atoms with Gasteiger partial charge < -0.3 is 14.6 Å². The normalized spacial score (nSPS) is 17.1. The van der Waals surface area contributed by atoms with Gasteiger partial charge in [-0.05, 0) is 30.9 Å². The Morgan fingerprint density at radius 1 is 1.45 bits per heavy atom. The quantitative estimate of drug-likeness (QED) is 0.933. The van der Waals surface area contributed by atoms with Crippen LogP contribution in [0.3, 0.4) is 0 Å². The second-order valence-corrected chi connectivity index (χ2v) is 4.95. The van der Waals surface area contributed by atoms with Gasteiger partial charge in [0.2, 0.25) is 5.91 Å². The molecule has 1 aromatic carbocycles. The Balaban J connectivity index is 1.68. The summed E-state index contributed by atoms with van der Waals surface area (Å²) in [6, 6.07) is 9.59. The summed E-state index contributed by atoms with van der Waals surface area (Å²) in [5.41, 5.74) is 1.10. The topological polar surface area (TPSA) is 64.4 Å². The Labute approximate surface area is 116 Å². The summed E-state index contributed by atoms with van der Waals surface area (Å²) in [5, 5.41) is 6.52. The van der Waals surface area contributed by atoms with E-state index >= 15 is 0 Å². The molecular weight excluding hydrogens is 256 g/mol. The Kier molecular flexibility index (Phi) is 3.41. The number of hydrogen-bond acceptors (Lipinski definition) is 4. The zero-order chi connectivity index (χ0) is 13.9. The maximum Gasteiger partial charge on any atom is 0.226 e. The molecule has 0 saturated heterocycles. The standard InChI is InChI=1S/C15H16N2O3/c1-10-8-14(17-20-10)16-15(18)9-11-6-7-19-13-5-3-2-4-12(11)13/h2-5,8,11H,6-7,9H2,1H3,(H,16,17,18). The molecule has 2 aromatic rings. The van der Waals surface area contributed by atoms with Crippen LogP contribution in [0.4, 0.5) is 5.82 Å². The van der Waals surface area contributed by atoms with Crippen LogP contribution in [0.15, 0.2) is 34.9 Å². The molecule has 1 N–H and O–H groups in total. The number of hydrogen-bond donors (Lipinski definition) is 1. The highest BCUT2D eigenvalue weighted by Crippen LogP contribution is 2.35. The van der Waals surface area contributed by atoms with Crippen molar-refractivity contribution in [1.29, 1.82) is 0 Å². The van der Waals surface area contributed by atoms with Crippen molar-refractivity contribution in [3.63, 3.8) is 0 Å². The minimum absolute atomic E-state index is 0.0556. The molecular formula is C15H16N2O3. The Morgan fingerprint density at radius 2 is 2.30 bits per heavy atom. The maximum atomic E-state index is 12.1. The van der Waals surface area contributed by atoms with Gasteiger partial charge >= 0.3 is 0 Å². The van der Waals surface area contributed by atoms with Crippen LogP contribution in [0.5, 0.6) is 5.75 Å². The van der Waals surface area contributed by atoms with E-state index in [2.05, 4.69) is 10.5 Å². The highest BCUT2D eigenvalue weighted by atomic mass is 16.5. The Bertz CT molecular complexity index is 621. The molecule has 5 heteroatoms. The number of anilines is 1. The van der Waals surface area contributed by atoms with Gasteiger partial charge in [-0.15, -0.1) is 0 Å². The lowest BCUT2D eigenvalue weighted by atomic mass is 9.90. The van der Waals surface area contributed by atoms with Crippen molar-refractivity contribution in [2.24, 2.45) is 0 Å². The fourth-order valence-electron chi connectivity index (χ4n) is 2.47. The Hall–Kier alpha value is -2.30. The third-order valence-corrected chi connectivity index (χ3v) is 3.41. The zero-order valence-corrected chi connectivity index (χ0v) is 11.3. The summed E-state index contributed by atoms with van der Waals surface area (Å²) in [4.78, 5) is 12.1. The van der Waals surface area contributed by atoms with Crippen molar-refractivity contribution in [3.8, 4) is 5.75 Å². The minimum atomic E-state index is -0.0556. The molecule has 0 radical (unpaired) electrons. The van der Waals surface area contributed by atoms with Crippen LogP contribution in [-0.4, -0.2) is 17.7 Å². The third kappa shape index (κ3) is 2.66. The predicted molar refractivity (Wildman–Crippen MR) is 73.8 cm³/mol. The minimum Gasteiger partial charge on any atom is -0.493 e. The van der Waals surface area contributed by atoms with Gasteiger partial charge in [0, 0.05) is 12.5 Å². The van der Waals surface area contributed by atoms with Gasteiger partial charge in [0.15, 0.2) is 5.82 Å². The van der Waals surface area contributed by atoms with E-state index in [1.54, 1.807) is 13.0 Å². The van der Waals surface area contributed by atoms with Gasteiger partial charge in [-0.1, -0.05) is 23.4 Å². The number of carbonyl (C=O) groups excluding carboxylic acids is 1. The first-order chi connectivity index (χ1) is 9.72. The first-order valence-corrected chi connectivity index (χ1v) is 6.67. The van der Waals surface area contributed by atoms with Gasteiger partial charge in [-0.3, -0.25) is 4.79 Å². The van der Waals surface area contributed by atoms with Crippen molar-refractivity contribution in [1.82, 2.24) is 5.16 Å². The van der Waals surface area contributed by atoms with Crippen molar-refractivity contribution >= 4 is 11.7 Å². The van der Waals surface area contributed by atoms with E-state index in [1.165, 1.54) is 0 Å². The van der Waals surface area contributed by atoms with Gasteiger partial charge in [0.25, 0.3) is 0 Å². The number of fused-ring (bicyclic) bond motifs is 1. The first-order valence-electron chi connectivity index (χ1n) is 6.67. The fraction of sp³-hybridized carbons (Fsp3) is 0.333. The van der Waals surface area contributed by atoms with Gasteiger partial charge in [0.1, 0.15) is 11.5 Å². The molecule has 20 heavy (non-hydrogen) atoms. The molecule has 1 unspecified atom stereocenters. The number of amides is 1. The molecule has 1 amide bonds. The third-order valence-electron chi connectivity index (χ3n) is 3.41. The second kappa shape index (κ2) is 5.36. The number of para-hydroxylation sites is 1. The SMILES string of the molecule is Cc1cc(NC(=O)CC2CCOc3ccccc32)no1. The number of benzene rings is 1. The molecule has 2 heterocycles. The lowest BCUT2D eigenvalue weighted by molar-refractivity contribution is -0.116. The first kappa shape index (κ1) is 12.7. The van der Waals surface area contributed by atoms with Crippen LogP contribution >= 0.6 is 0 Å². The molecule has 1 atom stereocenters. The smallest absolute Gasteiger partial charge is 0.226 e. The summed E-state index contributed by atoms with van der Waals surface area (Å²) in [5.74, 6) is 2.16. The van der Waals surface area contributed by atoms with Crippen molar-refractivity contribution in [2.75, 3.05) is 11.9 Å². The molecule has 3 rings (SSSR count). The van der Waals surface area contributed by atoms with E-state index in [0.29, 0.717) is 24.6 Å². The summed E-state index contributed by atoms with van der Waals surface area (Å²) in [7, 11) is 0. The van der Waals surface area contributed by atoms with Crippen LogP contribution in [-0.2, 0) is 4.79 Å². The number of rotatable bonds is 3. The average molecular weight is 272 g/mol. The Morgan fingerprint density at radius 3 is 3.10 bits per heavy atom. The highest BCUT2D eigenvalue weighted by molar-refractivity contribution is 5.90. The molecule has 0 saturated carbocycles. The van der Waals surface area contributed by atoms with Crippen molar-refractivity contribution < 1.29 is 14.1 Å². The molecule has 0 fully saturated rings. The van der Waals surface area contributed by atoms with E-state index < -0.39 is 0 Å². The van der Waals surface area contributed by atoms with Crippen LogP contribution in [0.1, 0.15) is 30.1 Å². The van der Waals surface area contributed by atoms with E-state index in [9.17, 15) is 4.79 Å². The van der Waals surface area contributed by atoms with Crippen LogP contribution in [0, 0.1) is 6.92 Å². The average Bonchev–Trinajstić information content (AvgIpc) is 2.84. The number of nitrogens with zero attached hydrogens (tertiary/aromatic N) is 1. The van der Waals surface area contributed by atoms with Crippen molar-refractivity contribution in [2.45, 2.75) is 25.7 Å². The van der Waals surface area contributed by atoms with E-state index in [0.717, 1.165) is 17.7 Å². The van der Waals surface area contributed by atoms with E-state index in [-0.39, 0.29) is 11.8 Å². The van der Waals surface area contributed by atoms with Crippen LogP contribution in [0.25, 0.3) is 0 Å². The maximum absolute atomic E-state index is 12.1.